The molecule has 0 radical (unpaired) electrons. The molecule has 0 saturated carbocycles. The summed E-state index contributed by atoms with van der Waals surface area (Å²) in [6, 6.07) is 26.2. The first-order valence-electron chi connectivity index (χ1n) is 12.9. The third-order valence-electron chi connectivity index (χ3n) is 6.07. The van der Waals surface area contributed by atoms with Gasteiger partial charge in [0.25, 0.3) is 0 Å². The van der Waals surface area contributed by atoms with E-state index in [1.165, 1.54) is 0 Å². The maximum atomic E-state index is 12.2. The molecule has 0 bridgehead atoms. The molecule has 0 amide bonds. The predicted octanol–water partition coefficient (Wildman–Crippen LogP) is 7.30. The summed E-state index contributed by atoms with van der Waals surface area (Å²) < 4.78 is 23.8. The zero-order valence-electron chi connectivity index (χ0n) is 21.8. The van der Waals surface area contributed by atoms with Gasteiger partial charge >= 0.3 is 5.97 Å². The fraction of sp³-hybridized carbons (Fsp3) is 0.387. The van der Waals surface area contributed by atoms with Crippen molar-refractivity contribution in [2.75, 3.05) is 6.61 Å². The Kier molecular flexibility index (Phi) is 11.0. The predicted molar refractivity (Wildman–Crippen MR) is 142 cm³/mol. The van der Waals surface area contributed by atoms with Crippen molar-refractivity contribution in [1.82, 2.24) is 0 Å². The van der Waals surface area contributed by atoms with Gasteiger partial charge in [0.15, 0.2) is 6.29 Å². The summed E-state index contributed by atoms with van der Waals surface area (Å²) >= 11 is 0. The van der Waals surface area contributed by atoms with Crippen molar-refractivity contribution in [3.63, 3.8) is 0 Å². The molecule has 4 rings (SSSR count). The first kappa shape index (κ1) is 27.4. The number of carbonyl (C=O) groups excluding carboxylic acids is 1. The first-order valence-corrected chi connectivity index (χ1v) is 12.9. The summed E-state index contributed by atoms with van der Waals surface area (Å²) in [6.45, 7) is 9.59. The van der Waals surface area contributed by atoms with Crippen LogP contribution in [0.25, 0.3) is 0 Å². The highest BCUT2D eigenvalue weighted by molar-refractivity contribution is 5.90. The minimum absolute atomic E-state index is 0.0130. The second-order valence-electron chi connectivity index (χ2n) is 9.01. The summed E-state index contributed by atoms with van der Waals surface area (Å²) in [6.07, 6.45) is 1.43. The van der Waals surface area contributed by atoms with Gasteiger partial charge in [0.2, 0.25) is 0 Å². The minimum atomic E-state index is -0.386. The highest BCUT2D eigenvalue weighted by Crippen LogP contribution is 2.32. The molecule has 1 heterocycles. The topological polar surface area (TPSA) is 54.0 Å². The molecule has 0 aromatic heterocycles. The van der Waals surface area contributed by atoms with Crippen LogP contribution in [0, 0.1) is 11.8 Å². The molecule has 3 aromatic rings. The molecule has 3 unspecified atom stereocenters. The SMILES string of the molecule is CC.CC(C)C1CC(COCc2ccccc2)OC(Oc2ccc(OC(=O)c3ccccc3)cc2)C1. The van der Waals surface area contributed by atoms with Crippen molar-refractivity contribution >= 4 is 5.97 Å². The Bertz CT molecular complexity index is 1020. The van der Waals surface area contributed by atoms with E-state index in [0.717, 1.165) is 18.4 Å². The largest absolute Gasteiger partial charge is 0.465 e. The lowest BCUT2D eigenvalue weighted by Crippen LogP contribution is -2.40. The number of rotatable bonds is 9. The first-order chi connectivity index (χ1) is 17.6. The number of esters is 1. The van der Waals surface area contributed by atoms with Gasteiger partial charge in [0.05, 0.1) is 24.9 Å². The summed E-state index contributed by atoms with van der Waals surface area (Å²) in [4.78, 5) is 12.2. The van der Waals surface area contributed by atoms with Gasteiger partial charge in [0, 0.05) is 6.42 Å². The smallest absolute Gasteiger partial charge is 0.343 e. The van der Waals surface area contributed by atoms with Gasteiger partial charge in [-0.1, -0.05) is 76.2 Å². The molecule has 5 heteroatoms. The van der Waals surface area contributed by atoms with E-state index in [2.05, 4.69) is 26.0 Å². The molecule has 5 nitrogen and oxygen atoms in total. The van der Waals surface area contributed by atoms with E-state index in [4.69, 9.17) is 18.9 Å². The van der Waals surface area contributed by atoms with Crippen LogP contribution in [0.3, 0.4) is 0 Å². The van der Waals surface area contributed by atoms with E-state index in [1.54, 1.807) is 36.4 Å². The molecule has 0 spiro atoms. The van der Waals surface area contributed by atoms with Crippen LogP contribution in [0.2, 0.25) is 0 Å². The van der Waals surface area contributed by atoms with Crippen molar-refractivity contribution in [3.05, 3.63) is 96.1 Å². The van der Waals surface area contributed by atoms with Crippen LogP contribution in [0.1, 0.15) is 56.5 Å². The van der Waals surface area contributed by atoms with Gasteiger partial charge in [-0.2, -0.15) is 0 Å². The van der Waals surface area contributed by atoms with Crippen molar-refractivity contribution < 1.29 is 23.7 Å². The zero-order chi connectivity index (χ0) is 25.8. The monoisotopic (exact) mass is 490 g/mol. The molecule has 1 saturated heterocycles. The number of hydrogen-bond acceptors (Lipinski definition) is 5. The molecule has 1 aliphatic heterocycles. The highest BCUT2D eigenvalue weighted by Gasteiger charge is 2.32. The fourth-order valence-electron chi connectivity index (χ4n) is 4.10. The van der Waals surface area contributed by atoms with Crippen LogP contribution < -0.4 is 9.47 Å². The van der Waals surface area contributed by atoms with Gasteiger partial charge in [-0.15, -0.1) is 0 Å². The molecule has 192 valence electrons. The zero-order valence-corrected chi connectivity index (χ0v) is 21.8. The third-order valence-corrected chi connectivity index (χ3v) is 6.07. The molecule has 3 aromatic carbocycles. The summed E-state index contributed by atoms with van der Waals surface area (Å²) in [5, 5.41) is 0. The molecular formula is C31H38O5. The van der Waals surface area contributed by atoms with E-state index in [1.807, 2.05) is 50.2 Å². The number of hydrogen-bond donors (Lipinski definition) is 0. The Morgan fingerprint density at radius 1 is 0.861 bits per heavy atom. The van der Waals surface area contributed by atoms with Crippen LogP contribution in [-0.4, -0.2) is 25.0 Å². The van der Waals surface area contributed by atoms with Gasteiger partial charge < -0.3 is 18.9 Å². The Morgan fingerprint density at radius 3 is 2.11 bits per heavy atom. The fourth-order valence-corrected chi connectivity index (χ4v) is 4.10. The maximum absolute atomic E-state index is 12.2. The second kappa shape index (κ2) is 14.4. The van der Waals surface area contributed by atoms with Crippen LogP contribution >= 0.6 is 0 Å². The van der Waals surface area contributed by atoms with E-state index in [0.29, 0.717) is 42.1 Å². The lowest BCUT2D eigenvalue weighted by Gasteiger charge is -2.37. The third kappa shape index (κ3) is 8.51. The molecule has 36 heavy (non-hydrogen) atoms. The van der Waals surface area contributed by atoms with E-state index < -0.39 is 0 Å². The van der Waals surface area contributed by atoms with Gasteiger partial charge in [-0.3, -0.25) is 0 Å². The Hall–Kier alpha value is -3.15. The Labute approximate surface area is 215 Å². The summed E-state index contributed by atoms with van der Waals surface area (Å²) in [5.74, 6) is 1.79. The normalized spacial score (nSPS) is 19.2. The Morgan fingerprint density at radius 2 is 1.47 bits per heavy atom. The average Bonchev–Trinajstić information content (AvgIpc) is 2.92. The molecule has 3 atom stereocenters. The van der Waals surface area contributed by atoms with Gasteiger partial charge in [-0.25, -0.2) is 4.79 Å². The summed E-state index contributed by atoms with van der Waals surface area (Å²) in [7, 11) is 0. The van der Waals surface area contributed by atoms with Crippen LogP contribution in [0.15, 0.2) is 84.9 Å². The minimum Gasteiger partial charge on any atom is -0.465 e. The second-order valence-corrected chi connectivity index (χ2v) is 9.01. The van der Waals surface area contributed by atoms with Crippen molar-refractivity contribution in [2.45, 2.75) is 59.5 Å². The molecular weight excluding hydrogens is 452 g/mol. The van der Waals surface area contributed by atoms with Crippen LogP contribution in [0.5, 0.6) is 11.5 Å². The van der Waals surface area contributed by atoms with Gasteiger partial charge in [0.1, 0.15) is 11.5 Å². The van der Waals surface area contributed by atoms with Gasteiger partial charge in [-0.05, 0) is 60.2 Å². The van der Waals surface area contributed by atoms with Crippen molar-refractivity contribution in [1.29, 1.82) is 0 Å². The standard InChI is InChI=1S/C29H32O5.C2H6/c1-21(2)24-17-27(20-31-19-22-9-5-3-6-10-22)33-28(18-24)32-25-13-15-26(16-14-25)34-29(30)23-11-7-4-8-12-23;1-2/h3-16,21,24,27-28H,17-20H2,1-2H3;1-2H3. The molecule has 1 aliphatic rings. The number of carbonyl (C=O) groups is 1. The lowest BCUT2D eigenvalue weighted by atomic mass is 9.85. The number of benzene rings is 3. The van der Waals surface area contributed by atoms with Crippen molar-refractivity contribution in [2.24, 2.45) is 11.8 Å². The van der Waals surface area contributed by atoms with E-state index in [-0.39, 0.29) is 18.4 Å². The summed E-state index contributed by atoms with van der Waals surface area (Å²) in [5.41, 5.74) is 1.67. The highest BCUT2D eigenvalue weighted by atomic mass is 16.7. The molecule has 0 aliphatic carbocycles. The van der Waals surface area contributed by atoms with E-state index in [9.17, 15) is 4.79 Å². The van der Waals surface area contributed by atoms with Crippen molar-refractivity contribution in [3.8, 4) is 11.5 Å². The van der Waals surface area contributed by atoms with Crippen LogP contribution in [0.4, 0.5) is 0 Å². The molecule has 0 N–H and O–H groups in total. The lowest BCUT2D eigenvalue weighted by molar-refractivity contribution is -0.183. The van der Waals surface area contributed by atoms with Crippen LogP contribution in [-0.2, 0) is 16.1 Å². The van der Waals surface area contributed by atoms with E-state index >= 15 is 0 Å². The number of ether oxygens (including phenoxy) is 4. The molecule has 1 fully saturated rings. The quantitative estimate of drug-likeness (QED) is 0.233. The Balaban J connectivity index is 0.00000176. The average molecular weight is 491 g/mol. The maximum Gasteiger partial charge on any atom is 0.343 e.